The van der Waals surface area contributed by atoms with Gasteiger partial charge in [0.2, 0.25) is 0 Å². The van der Waals surface area contributed by atoms with Crippen molar-refractivity contribution in [2.24, 2.45) is 0 Å². The predicted octanol–water partition coefficient (Wildman–Crippen LogP) is 3.51. The van der Waals surface area contributed by atoms with E-state index < -0.39 is 11.2 Å². The van der Waals surface area contributed by atoms with E-state index in [1.54, 1.807) is 4.90 Å². The lowest BCUT2D eigenvalue weighted by Crippen LogP contribution is -2.38. The first-order valence-corrected chi connectivity index (χ1v) is 8.69. The largest absolute Gasteiger partial charge is 0.444 e. The second-order valence-electron chi connectivity index (χ2n) is 6.33. The number of ether oxygens (including phenoxy) is 1. The van der Waals surface area contributed by atoms with Gasteiger partial charge in [-0.05, 0) is 49.5 Å². The molecule has 0 saturated carbocycles. The molecule has 0 aromatic carbocycles. The first-order valence-electron chi connectivity index (χ1n) is 7.01. The molecule has 1 aliphatic heterocycles. The van der Waals surface area contributed by atoms with Crippen molar-refractivity contribution in [2.75, 3.05) is 13.1 Å². The number of carbonyl (C=O) groups excluding carboxylic acids is 1. The van der Waals surface area contributed by atoms with Gasteiger partial charge in [-0.15, -0.1) is 11.3 Å². The fraction of sp³-hybridized carbons (Fsp3) is 0.714. The number of likely N-dealkylation sites (tertiary alicyclic amines) is 1. The number of hydrogen-bond donors (Lipinski definition) is 1. The molecule has 0 radical (unpaired) electrons. The van der Waals surface area contributed by atoms with Crippen LogP contribution in [0.1, 0.15) is 45.0 Å². The van der Waals surface area contributed by atoms with Crippen LogP contribution >= 0.6 is 27.3 Å². The van der Waals surface area contributed by atoms with Crippen LogP contribution in [0.25, 0.3) is 0 Å². The van der Waals surface area contributed by atoms with E-state index in [4.69, 9.17) is 4.74 Å². The summed E-state index contributed by atoms with van der Waals surface area (Å²) in [6.07, 6.45) is 1.50. The Morgan fingerprint density at radius 1 is 1.48 bits per heavy atom. The van der Waals surface area contributed by atoms with Crippen LogP contribution in [0.15, 0.2) is 9.98 Å². The Balaban J connectivity index is 2.03. The monoisotopic (exact) mass is 376 g/mol. The van der Waals surface area contributed by atoms with Gasteiger partial charge < -0.3 is 14.7 Å². The Bertz CT molecular complexity index is 515. The van der Waals surface area contributed by atoms with Crippen molar-refractivity contribution < 1.29 is 14.6 Å². The molecule has 2 heterocycles. The summed E-state index contributed by atoms with van der Waals surface area (Å²) in [6, 6.07) is 0. The van der Waals surface area contributed by atoms with Gasteiger partial charge in [-0.3, -0.25) is 0 Å². The maximum Gasteiger partial charge on any atom is 0.410 e. The highest BCUT2D eigenvalue weighted by Crippen LogP contribution is 2.35. The van der Waals surface area contributed by atoms with Crippen molar-refractivity contribution in [3.8, 4) is 0 Å². The Labute approximate surface area is 137 Å². The number of halogens is 1. The highest BCUT2D eigenvalue weighted by atomic mass is 79.9. The molecule has 1 aromatic rings. The summed E-state index contributed by atoms with van der Waals surface area (Å²) in [5.41, 5.74) is -1.45. The molecule has 1 aliphatic rings. The minimum absolute atomic E-state index is 0.313. The van der Waals surface area contributed by atoms with Crippen molar-refractivity contribution in [3.05, 3.63) is 15.0 Å². The van der Waals surface area contributed by atoms with Gasteiger partial charge in [0, 0.05) is 24.9 Å². The molecule has 1 atom stereocenters. The molecule has 7 heteroatoms. The first-order chi connectivity index (χ1) is 9.70. The molecule has 118 valence electrons. The summed E-state index contributed by atoms with van der Waals surface area (Å²) in [5, 5.41) is 13.4. The number of hydrogen-bond acceptors (Lipinski definition) is 5. The second kappa shape index (κ2) is 6.22. The molecular weight excluding hydrogens is 356 g/mol. The smallest absolute Gasteiger partial charge is 0.410 e. The van der Waals surface area contributed by atoms with Crippen LogP contribution in [0, 0.1) is 0 Å². The lowest BCUT2D eigenvalue weighted by atomic mass is 9.96. The molecule has 1 aromatic heterocycles. The molecule has 1 N–H and O–H groups in total. The molecule has 1 unspecified atom stereocenters. The number of thiazole rings is 1. The number of carbonyl (C=O) groups is 1. The molecule has 5 nitrogen and oxygen atoms in total. The zero-order chi connectivity index (χ0) is 15.7. The van der Waals surface area contributed by atoms with Gasteiger partial charge in [-0.25, -0.2) is 9.78 Å². The summed E-state index contributed by atoms with van der Waals surface area (Å²) in [4.78, 5) is 18.1. The minimum Gasteiger partial charge on any atom is -0.444 e. The lowest BCUT2D eigenvalue weighted by molar-refractivity contribution is 0.0127. The molecule has 1 saturated heterocycles. The SMILES string of the molecule is CC(C)(C)OC(=O)N1CCCC(O)(c2nc(Br)cs2)CC1. The predicted molar refractivity (Wildman–Crippen MR) is 85.4 cm³/mol. The summed E-state index contributed by atoms with van der Waals surface area (Å²) in [6.45, 7) is 6.64. The van der Waals surface area contributed by atoms with E-state index in [1.807, 2.05) is 26.2 Å². The molecule has 0 spiro atoms. The summed E-state index contributed by atoms with van der Waals surface area (Å²) >= 11 is 4.76. The average Bonchev–Trinajstić information content (AvgIpc) is 2.68. The Morgan fingerprint density at radius 3 is 2.76 bits per heavy atom. The van der Waals surface area contributed by atoms with Gasteiger partial charge in [0.25, 0.3) is 0 Å². The van der Waals surface area contributed by atoms with Crippen LogP contribution in [0.2, 0.25) is 0 Å². The van der Waals surface area contributed by atoms with Gasteiger partial charge in [-0.1, -0.05) is 0 Å². The van der Waals surface area contributed by atoms with Crippen LogP contribution in [-0.4, -0.2) is 39.8 Å². The van der Waals surface area contributed by atoms with E-state index in [0.29, 0.717) is 30.9 Å². The van der Waals surface area contributed by atoms with E-state index in [0.717, 1.165) is 11.0 Å². The van der Waals surface area contributed by atoms with E-state index in [2.05, 4.69) is 20.9 Å². The van der Waals surface area contributed by atoms with Crippen molar-refractivity contribution >= 4 is 33.4 Å². The van der Waals surface area contributed by atoms with Gasteiger partial charge in [-0.2, -0.15) is 0 Å². The molecule has 1 amide bonds. The number of aromatic nitrogens is 1. The summed E-state index contributed by atoms with van der Waals surface area (Å²) in [7, 11) is 0. The topological polar surface area (TPSA) is 62.7 Å². The van der Waals surface area contributed by atoms with Crippen LogP contribution in [-0.2, 0) is 10.3 Å². The fourth-order valence-corrected chi connectivity index (χ4v) is 3.72. The van der Waals surface area contributed by atoms with Crippen LogP contribution in [0.3, 0.4) is 0 Å². The third kappa shape index (κ3) is 4.40. The standard InChI is InChI=1S/C14H21BrN2O3S/c1-13(2,3)20-12(18)17-7-4-5-14(19,6-8-17)11-16-10(15)9-21-11/h9,19H,4-8H2,1-3H3. The Morgan fingerprint density at radius 2 is 2.19 bits per heavy atom. The van der Waals surface area contributed by atoms with E-state index >= 15 is 0 Å². The fourth-order valence-electron chi connectivity index (χ4n) is 2.31. The highest BCUT2D eigenvalue weighted by Gasteiger charge is 2.36. The minimum atomic E-state index is -0.951. The van der Waals surface area contributed by atoms with Crippen molar-refractivity contribution in [3.63, 3.8) is 0 Å². The number of nitrogens with zero attached hydrogens (tertiary/aromatic N) is 2. The zero-order valence-corrected chi connectivity index (χ0v) is 15.0. The van der Waals surface area contributed by atoms with Crippen LogP contribution in [0.5, 0.6) is 0 Å². The summed E-state index contributed by atoms with van der Waals surface area (Å²) < 4.78 is 6.14. The van der Waals surface area contributed by atoms with Gasteiger partial charge in [0.15, 0.2) is 0 Å². The van der Waals surface area contributed by atoms with Crippen LogP contribution < -0.4 is 0 Å². The highest BCUT2D eigenvalue weighted by molar-refractivity contribution is 9.10. The second-order valence-corrected chi connectivity index (χ2v) is 8.00. The normalized spacial score (nSPS) is 23.8. The molecule has 0 aliphatic carbocycles. The van der Waals surface area contributed by atoms with Gasteiger partial charge in [0.1, 0.15) is 20.8 Å². The quantitative estimate of drug-likeness (QED) is 0.814. The van der Waals surface area contributed by atoms with Crippen molar-refractivity contribution in [2.45, 2.75) is 51.2 Å². The maximum atomic E-state index is 12.1. The average molecular weight is 377 g/mol. The Kier molecular flexibility index (Phi) is 4.95. The number of amides is 1. The van der Waals surface area contributed by atoms with E-state index in [9.17, 15) is 9.90 Å². The molecule has 0 bridgehead atoms. The summed E-state index contributed by atoms with van der Waals surface area (Å²) in [5.74, 6) is 0. The third-order valence-corrected chi connectivity index (χ3v) is 5.08. The van der Waals surface area contributed by atoms with Crippen molar-refractivity contribution in [1.29, 1.82) is 0 Å². The number of aliphatic hydroxyl groups is 1. The molecular formula is C14H21BrN2O3S. The Hall–Kier alpha value is -0.660. The first kappa shape index (κ1) is 16.7. The van der Waals surface area contributed by atoms with Crippen LogP contribution in [0.4, 0.5) is 4.79 Å². The molecule has 2 rings (SSSR count). The maximum absolute atomic E-state index is 12.1. The number of rotatable bonds is 1. The molecule has 21 heavy (non-hydrogen) atoms. The van der Waals surface area contributed by atoms with Gasteiger partial charge >= 0.3 is 6.09 Å². The zero-order valence-electron chi connectivity index (χ0n) is 12.6. The van der Waals surface area contributed by atoms with Crippen molar-refractivity contribution in [1.82, 2.24) is 9.88 Å². The van der Waals surface area contributed by atoms with E-state index in [-0.39, 0.29) is 6.09 Å². The third-order valence-electron chi connectivity index (χ3n) is 3.34. The van der Waals surface area contributed by atoms with E-state index in [1.165, 1.54) is 11.3 Å². The lowest BCUT2D eigenvalue weighted by Gasteiger charge is -2.27. The molecule has 1 fully saturated rings. The van der Waals surface area contributed by atoms with Gasteiger partial charge in [0.05, 0.1) is 0 Å².